The Bertz CT molecular complexity index is 471. The topological polar surface area (TPSA) is 30.2 Å². The average molecular weight is 217 g/mol. The number of hydrogen-bond acceptors (Lipinski definition) is 2. The minimum atomic E-state index is -0.234. The van der Waals surface area contributed by atoms with E-state index in [1.54, 1.807) is 31.7 Å². The highest BCUT2D eigenvalue weighted by Crippen LogP contribution is 2.06. The number of aromatic nitrogens is 2. The molecule has 0 unspecified atom stereocenters. The molecule has 0 saturated carbocycles. The van der Waals surface area contributed by atoms with Crippen LogP contribution in [0.1, 0.15) is 5.56 Å². The summed E-state index contributed by atoms with van der Waals surface area (Å²) >= 11 is 0. The number of imidazole rings is 1. The zero-order chi connectivity index (χ0) is 11.4. The standard InChI is InChI=1S/C12H12FN3/c1-14-12(8-16-7-6-15-9-16)10-2-4-11(13)5-3-10/h2-7,9H,8H2,1H3. The van der Waals surface area contributed by atoms with Crippen molar-refractivity contribution < 1.29 is 4.39 Å². The first-order valence-corrected chi connectivity index (χ1v) is 4.97. The number of nitrogens with zero attached hydrogens (tertiary/aromatic N) is 3. The van der Waals surface area contributed by atoms with Gasteiger partial charge in [-0.15, -0.1) is 0 Å². The molecule has 0 bridgehead atoms. The van der Waals surface area contributed by atoms with Crippen molar-refractivity contribution in [1.82, 2.24) is 9.55 Å². The third-order valence-electron chi connectivity index (χ3n) is 2.34. The van der Waals surface area contributed by atoms with E-state index in [0.717, 1.165) is 11.3 Å². The minimum absolute atomic E-state index is 0.234. The fraction of sp³-hybridized carbons (Fsp3) is 0.167. The van der Waals surface area contributed by atoms with Crippen molar-refractivity contribution in [1.29, 1.82) is 0 Å². The maximum atomic E-state index is 12.8. The van der Waals surface area contributed by atoms with Gasteiger partial charge in [-0.2, -0.15) is 0 Å². The first-order chi connectivity index (χ1) is 7.79. The summed E-state index contributed by atoms with van der Waals surface area (Å²) in [5, 5.41) is 0. The predicted molar refractivity (Wildman–Crippen MR) is 61.1 cm³/mol. The van der Waals surface area contributed by atoms with Crippen LogP contribution in [0.4, 0.5) is 4.39 Å². The maximum Gasteiger partial charge on any atom is 0.123 e. The summed E-state index contributed by atoms with van der Waals surface area (Å²) in [4.78, 5) is 8.17. The number of aliphatic imine (C=N–C) groups is 1. The molecule has 3 nitrogen and oxygen atoms in total. The average Bonchev–Trinajstić information content (AvgIpc) is 2.80. The van der Waals surface area contributed by atoms with Crippen molar-refractivity contribution in [2.45, 2.75) is 6.54 Å². The Morgan fingerprint density at radius 2 is 2.12 bits per heavy atom. The van der Waals surface area contributed by atoms with E-state index in [1.807, 2.05) is 10.8 Å². The highest BCUT2D eigenvalue weighted by molar-refractivity contribution is 6.00. The molecule has 82 valence electrons. The predicted octanol–water partition coefficient (Wildman–Crippen LogP) is 2.14. The second-order valence-electron chi connectivity index (χ2n) is 3.41. The number of rotatable bonds is 3. The lowest BCUT2D eigenvalue weighted by Gasteiger charge is -2.06. The number of halogens is 1. The van der Waals surface area contributed by atoms with Crippen LogP contribution in [0.3, 0.4) is 0 Å². The van der Waals surface area contributed by atoms with Crippen molar-refractivity contribution in [3.8, 4) is 0 Å². The second kappa shape index (κ2) is 4.70. The van der Waals surface area contributed by atoms with Crippen LogP contribution in [-0.4, -0.2) is 22.3 Å². The van der Waals surface area contributed by atoms with Gasteiger partial charge in [0.2, 0.25) is 0 Å². The highest BCUT2D eigenvalue weighted by Gasteiger charge is 2.03. The molecule has 1 aromatic carbocycles. The fourth-order valence-electron chi connectivity index (χ4n) is 1.49. The molecule has 0 saturated heterocycles. The Kier molecular flexibility index (Phi) is 3.10. The molecule has 0 aliphatic carbocycles. The van der Waals surface area contributed by atoms with Gasteiger partial charge in [0.1, 0.15) is 5.82 Å². The fourth-order valence-corrected chi connectivity index (χ4v) is 1.49. The molecule has 0 amide bonds. The molecule has 16 heavy (non-hydrogen) atoms. The van der Waals surface area contributed by atoms with Gasteiger partial charge in [0.15, 0.2) is 0 Å². The van der Waals surface area contributed by atoms with Gasteiger partial charge in [-0.1, -0.05) is 12.1 Å². The third-order valence-corrected chi connectivity index (χ3v) is 2.34. The molecule has 0 radical (unpaired) electrons. The molecular weight excluding hydrogens is 205 g/mol. The first kappa shape index (κ1) is 10.5. The Hall–Kier alpha value is -1.97. The van der Waals surface area contributed by atoms with Crippen LogP contribution in [0, 0.1) is 5.82 Å². The van der Waals surface area contributed by atoms with Crippen LogP contribution >= 0.6 is 0 Å². The van der Waals surface area contributed by atoms with E-state index < -0.39 is 0 Å². The van der Waals surface area contributed by atoms with Gasteiger partial charge in [-0.05, 0) is 17.7 Å². The lowest BCUT2D eigenvalue weighted by atomic mass is 10.1. The summed E-state index contributed by atoms with van der Waals surface area (Å²) < 4.78 is 14.7. The monoisotopic (exact) mass is 217 g/mol. The summed E-state index contributed by atoms with van der Waals surface area (Å²) in [5.41, 5.74) is 1.83. The molecule has 0 spiro atoms. The van der Waals surface area contributed by atoms with Crippen molar-refractivity contribution >= 4 is 5.71 Å². The van der Waals surface area contributed by atoms with Crippen LogP contribution < -0.4 is 0 Å². The highest BCUT2D eigenvalue weighted by atomic mass is 19.1. The molecule has 0 aliphatic rings. The Morgan fingerprint density at radius 1 is 1.38 bits per heavy atom. The van der Waals surface area contributed by atoms with Gasteiger partial charge in [0.05, 0.1) is 18.6 Å². The molecule has 0 atom stereocenters. The minimum Gasteiger partial charge on any atom is -0.331 e. The third kappa shape index (κ3) is 2.34. The summed E-state index contributed by atoms with van der Waals surface area (Å²) in [6, 6.07) is 6.34. The second-order valence-corrected chi connectivity index (χ2v) is 3.41. The molecular formula is C12H12FN3. The van der Waals surface area contributed by atoms with Crippen molar-refractivity contribution in [2.75, 3.05) is 7.05 Å². The summed E-state index contributed by atoms with van der Waals surface area (Å²) in [7, 11) is 1.73. The number of hydrogen-bond donors (Lipinski definition) is 0. The molecule has 0 aliphatic heterocycles. The summed E-state index contributed by atoms with van der Waals surface area (Å²) in [6.45, 7) is 0.641. The zero-order valence-electron chi connectivity index (χ0n) is 8.97. The zero-order valence-corrected chi connectivity index (χ0v) is 8.97. The summed E-state index contributed by atoms with van der Waals surface area (Å²) in [6.07, 6.45) is 5.32. The van der Waals surface area contributed by atoms with Crippen LogP contribution in [0.25, 0.3) is 0 Å². The molecule has 1 heterocycles. The normalized spacial score (nSPS) is 11.8. The van der Waals surface area contributed by atoms with E-state index in [9.17, 15) is 4.39 Å². The quantitative estimate of drug-likeness (QED) is 0.724. The van der Waals surface area contributed by atoms with E-state index in [2.05, 4.69) is 9.98 Å². The van der Waals surface area contributed by atoms with Crippen molar-refractivity contribution in [3.05, 3.63) is 54.4 Å². The molecule has 2 rings (SSSR count). The SMILES string of the molecule is CN=C(Cn1ccnc1)c1ccc(F)cc1. The van der Waals surface area contributed by atoms with Gasteiger partial charge < -0.3 is 4.57 Å². The van der Waals surface area contributed by atoms with Gasteiger partial charge >= 0.3 is 0 Å². The molecule has 0 fully saturated rings. The Balaban J connectivity index is 2.20. The van der Waals surface area contributed by atoms with E-state index in [-0.39, 0.29) is 5.82 Å². The molecule has 0 N–H and O–H groups in total. The lowest BCUT2D eigenvalue weighted by Crippen LogP contribution is -2.10. The molecule has 2 aromatic rings. The Morgan fingerprint density at radius 3 is 2.69 bits per heavy atom. The van der Waals surface area contributed by atoms with Crippen LogP contribution in [0.5, 0.6) is 0 Å². The summed E-state index contributed by atoms with van der Waals surface area (Å²) in [5.74, 6) is -0.234. The maximum absolute atomic E-state index is 12.8. The van der Waals surface area contributed by atoms with E-state index in [1.165, 1.54) is 12.1 Å². The van der Waals surface area contributed by atoms with E-state index in [4.69, 9.17) is 0 Å². The molecule has 4 heteroatoms. The van der Waals surface area contributed by atoms with E-state index >= 15 is 0 Å². The molecule has 1 aromatic heterocycles. The first-order valence-electron chi connectivity index (χ1n) is 4.97. The van der Waals surface area contributed by atoms with Gasteiger partial charge in [0.25, 0.3) is 0 Å². The van der Waals surface area contributed by atoms with Gasteiger partial charge in [-0.3, -0.25) is 4.99 Å². The van der Waals surface area contributed by atoms with Crippen molar-refractivity contribution in [3.63, 3.8) is 0 Å². The van der Waals surface area contributed by atoms with Gasteiger partial charge in [0, 0.05) is 19.4 Å². The van der Waals surface area contributed by atoms with Crippen molar-refractivity contribution in [2.24, 2.45) is 4.99 Å². The van der Waals surface area contributed by atoms with E-state index in [0.29, 0.717) is 6.54 Å². The smallest absolute Gasteiger partial charge is 0.123 e. The largest absolute Gasteiger partial charge is 0.331 e. The van der Waals surface area contributed by atoms with Crippen LogP contribution in [-0.2, 0) is 6.54 Å². The van der Waals surface area contributed by atoms with Crippen LogP contribution in [0.15, 0.2) is 48.0 Å². The van der Waals surface area contributed by atoms with Gasteiger partial charge in [-0.25, -0.2) is 9.37 Å². The Labute approximate surface area is 93.3 Å². The lowest BCUT2D eigenvalue weighted by molar-refractivity contribution is 0.627. The number of benzene rings is 1. The van der Waals surface area contributed by atoms with Crippen LogP contribution in [0.2, 0.25) is 0 Å².